The molecular weight excluding hydrogens is 268 g/mol. The Morgan fingerprint density at radius 1 is 1.37 bits per heavy atom. The van der Waals surface area contributed by atoms with Gasteiger partial charge < -0.3 is 9.84 Å². The number of aromatic carboxylic acids is 1. The van der Waals surface area contributed by atoms with Crippen LogP contribution >= 0.6 is 11.6 Å². The molecule has 0 radical (unpaired) electrons. The summed E-state index contributed by atoms with van der Waals surface area (Å²) in [5.74, 6) is -0.479. The average Bonchev–Trinajstić information content (AvgIpc) is 2.37. The van der Waals surface area contributed by atoms with Crippen molar-refractivity contribution in [2.45, 2.75) is 6.92 Å². The molecule has 0 spiro atoms. The molecule has 5 nitrogen and oxygen atoms in total. The molecule has 1 aromatic carbocycles. The van der Waals surface area contributed by atoms with Crippen molar-refractivity contribution in [1.82, 2.24) is 9.97 Å². The van der Waals surface area contributed by atoms with E-state index in [2.05, 4.69) is 9.97 Å². The Morgan fingerprint density at radius 2 is 2.11 bits per heavy atom. The van der Waals surface area contributed by atoms with Gasteiger partial charge in [-0.25, -0.2) is 14.8 Å². The minimum Gasteiger partial charge on any atom is -0.497 e. The highest BCUT2D eigenvalue weighted by Gasteiger charge is 2.19. The molecule has 0 aliphatic rings. The molecule has 0 aliphatic carbocycles. The molecule has 0 saturated carbocycles. The number of carbonyl (C=O) groups is 1. The van der Waals surface area contributed by atoms with E-state index in [1.807, 2.05) is 0 Å². The van der Waals surface area contributed by atoms with Crippen molar-refractivity contribution in [1.29, 1.82) is 0 Å². The number of aryl methyl sites for hydroxylation is 1. The first-order chi connectivity index (χ1) is 9.02. The predicted octanol–water partition coefficient (Wildman–Crippen LogP) is 2.81. The van der Waals surface area contributed by atoms with E-state index >= 15 is 0 Å². The van der Waals surface area contributed by atoms with Gasteiger partial charge in [-0.3, -0.25) is 0 Å². The summed E-state index contributed by atoms with van der Waals surface area (Å²) in [6, 6.07) is 6.96. The first-order valence-electron chi connectivity index (χ1n) is 5.44. The van der Waals surface area contributed by atoms with Gasteiger partial charge in [-0.2, -0.15) is 0 Å². The fourth-order valence-electron chi connectivity index (χ4n) is 1.77. The summed E-state index contributed by atoms with van der Waals surface area (Å²) < 4.78 is 5.11. The number of ether oxygens (including phenoxy) is 1. The molecule has 0 saturated heterocycles. The van der Waals surface area contributed by atoms with Crippen molar-refractivity contribution < 1.29 is 14.6 Å². The van der Waals surface area contributed by atoms with Gasteiger partial charge in [-0.15, -0.1) is 0 Å². The lowest BCUT2D eigenvalue weighted by molar-refractivity contribution is 0.0696. The van der Waals surface area contributed by atoms with Gasteiger partial charge >= 0.3 is 5.97 Å². The van der Waals surface area contributed by atoms with Crippen molar-refractivity contribution in [3.05, 3.63) is 40.8 Å². The molecule has 0 bridgehead atoms. The molecular formula is C13H11ClN2O3. The Morgan fingerprint density at radius 3 is 2.74 bits per heavy atom. The molecule has 1 aromatic heterocycles. The van der Waals surface area contributed by atoms with Gasteiger partial charge in [-0.1, -0.05) is 12.1 Å². The number of methoxy groups -OCH3 is 1. The summed E-state index contributed by atoms with van der Waals surface area (Å²) in [5.41, 5.74) is 1.26. The van der Waals surface area contributed by atoms with E-state index in [4.69, 9.17) is 16.3 Å². The van der Waals surface area contributed by atoms with Gasteiger partial charge in [-0.05, 0) is 30.7 Å². The first kappa shape index (κ1) is 13.3. The lowest BCUT2D eigenvalue weighted by Crippen LogP contribution is -2.07. The van der Waals surface area contributed by atoms with Gasteiger partial charge in [0, 0.05) is 5.56 Å². The number of aromatic nitrogens is 2. The third-order valence-corrected chi connectivity index (χ3v) is 2.79. The maximum Gasteiger partial charge on any atom is 0.339 e. The van der Waals surface area contributed by atoms with Gasteiger partial charge in [0.25, 0.3) is 0 Å². The zero-order valence-electron chi connectivity index (χ0n) is 10.3. The number of benzene rings is 1. The van der Waals surface area contributed by atoms with Crippen LogP contribution in [0.15, 0.2) is 24.3 Å². The van der Waals surface area contributed by atoms with Crippen molar-refractivity contribution in [3.63, 3.8) is 0 Å². The summed E-state index contributed by atoms with van der Waals surface area (Å²) in [6.45, 7) is 1.58. The Kier molecular flexibility index (Phi) is 3.66. The second kappa shape index (κ2) is 5.24. The standard InChI is InChI=1S/C13H11ClN2O3/c1-7-10(12(17)18)11(16-13(14)15-7)8-4-3-5-9(6-8)19-2/h3-6H,1-2H3,(H,17,18). The number of carboxylic acids is 1. The first-order valence-corrected chi connectivity index (χ1v) is 5.82. The highest BCUT2D eigenvalue weighted by molar-refractivity contribution is 6.28. The molecule has 2 rings (SSSR count). The molecule has 0 amide bonds. The number of carboxylic acid groups (broad SMARTS) is 1. The zero-order chi connectivity index (χ0) is 14.0. The third kappa shape index (κ3) is 2.66. The number of rotatable bonds is 3. The topological polar surface area (TPSA) is 72.3 Å². The molecule has 0 fully saturated rings. The van der Waals surface area contributed by atoms with E-state index in [9.17, 15) is 9.90 Å². The van der Waals surface area contributed by atoms with Crippen molar-refractivity contribution in [3.8, 4) is 17.0 Å². The Hall–Kier alpha value is -2.14. The molecule has 6 heteroatoms. The van der Waals surface area contributed by atoms with Crippen molar-refractivity contribution in [2.24, 2.45) is 0 Å². The molecule has 19 heavy (non-hydrogen) atoms. The average molecular weight is 279 g/mol. The van der Waals surface area contributed by atoms with Crippen LogP contribution in [0.1, 0.15) is 16.1 Å². The summed E-state index contributed by atoms with van der Waals surface area (Å²) in [5, 5.41) is 9.29. The quantitative estimate of drug-likeness (QED) is 0.874. The van der Waals surface area contributed by atoms with E-state index in [-0.39, 0.29) is 16.5 Å². The smallest absolute Gasteiger partial charge is 0.339 e. The fourth-order valence-corrected chi connectivity index (χ4v) is 1.99. The lowest BCUT2D eigenvalue weighted by atomic mass is 10.0. The Bertz CT molecular complexity index is 644. The summed E-state index contributed by atoms with van der Waals surface area (Å²) in [6.07, 6.45) is 0. The highest BCUT2D eigenvalue weighted by Crippen LogP contribution is 2.27. The van der Waals surface area contributed by atoms with Crippen LogP contribution < -0.4 is 4.74 Å². The number of hydrogen-bond acceptors (Lipinski definition) is 4. The highest BCUT2D eigenvalue weighted by atomic mass is 35.5. The second-order valence-corrected chi connectivity index (χ2v) is 4.18. The molecule has 0 unspecified atom stereocenters. The molecule has 1 heterocycles. The maximum atomic E-state index is 11.3. The minimum absolute atomic E-state index is 0.0142. The van der Waals surface area contributed by atoms with Gasteiger partial charge in [0.05, 0.1) is 18.5 Å². The Balaban J connectivity index is 2.69. The van der Waals surface area contributed by atoms with Crippen molar-refractivity contribution in [2.75, 3.05) is 7.11 Å². The number of hydrogen-bond donors (Lipinski definition) is 1. The van der Waals surface area contributed by atoms with Crippen LogP contribution in [0.25, 0.3) is 11.3 Å². The molecule has 1 N–H and O–H groups in total. The van der Waals surface area contributed by atoms with E-state index in [1.54, 1.807) is 31.2 Å². The fraction of sp³-hybridized carbons (Fsp3) is 0.154. The summed E-state index contributed by atoms with van der Waals surface area (Å²) in [4.78, 5) is 19.2. The predicted molar refractivity (Wildman–Crippen MR) is 70.7 cm³/mol. The normalized spacial score (nSPS) is 10.3. The van der Waals surface area contributed by atoms with Crippen LogP contribution in [-0.2, 0) is 0 Å². The monoisotopic (exact) mass is 278 g/mol. The third-order valence-electron chi connectivity index (χ3n) is 2.62. The van der Waals surface area contributed by atoms with Crippen LogP contribution in [0.5, 0.6) is 5.75 Å². The van der Waals surface area contributed by atoms with E-state index in [0.717, 1.165) is 0 Å². The molecule has 98 valence electrons. The van der Waals surface area contributed by atoms with Crippen LogP contribution in [0.2, 0.25) is 5.28 Å². The summed E-state index contributed by atoms with van der Waals surface area (Å²) >= 11 is 5.80. The zero-order valence-corrected chi connectivity index (χ0v) is 11.1. The summed E-state index contributed by atoms with van der Waals surface area (Å²) in [7, 11) is 1.54. The van der Waals surface area contributed by atoms with Crippen molar-refractivity contribution >= 4 is 17.6 Å². The SMILES string of the molecule is COc1cccc(-c2nc(Cl)nc(C)c2C(=O)O)c1. The Labute approximate surface area is 114 Å². The van der Waals surface area contributed by atoms with Crippen LogP contribution in [0.4, 0.5) is 0 Å². The maximum absolute atomic E-state index is 11.3. The lowest BCUT2D eigenvalue weighted by Gasteiger charge is -2.09. The van der Waals surface area contributed by atoms with Gasteiger partial charge in [0.2, 0.25) is 5.28 Å². The number of halogens is 1. The second-order valence-electron chi connectivity index (χ2n) is 3.84. The van der Waals surface area contributed by atoms with Crippen LogP contribution in [0.3, 0.4) is 0 Å². The molecule has 0 aliphatic heterocycles. The van der Waals surface area contributed by atoms with Gasteiger partial charge in [0.1, 0.15) is 11.3 Å². The van der Waals surface area contributed by atoms with Crippen LogP contribution in [0, 0.1) is 6.92 Å². The van der Waals surface area contributed by atoms with Crippen LogP contribution in [-0.4, -0.2) is 28.2 Å². The van der Waals surface area contributed by atoms with E-state index in [1.165, 1.54) is 7.11 Å². The number of nitrogens with zero attached hydrogens (tertiary/aromatic N) is 2. The molecule has 0 atom stereocenters. The van der Waals surface area contributed by atoms with E-state index < -0.39 is 5.97 Å². The molecule has 2 aromatic rings. The van der Waals surface area contributed by atoms with E-state index in [0.29, 0.717) is 17.0 Å². The largest absolute Gasteiger partial charge is 0.497 e. The van der Waals surface area contributed by atoms with Gasteiger partial charge in [0.15, 0.2) is 0 Å². The minimum atomic E-state index is -1.09.